The maximum Gasteiger partial charge on any atom is 0.233 e. The summed E-state index contributed by atoms with van der Waals surface area (Å²) < 4.78 is 0. The Bertz CT molecular complexity index is 166. The first-order valence-electron chi connectivity index (χ1n) is 4.54. The van der Waals surface area contributed by atoms with Gasteiger partial charge in [0, 0.05) is 6.04 Å². The van der Waals surface area contributed by atoms with Crippen LogP contribution in [0, 0.1) is 5.92 Å². The number of nitrogens with one attached hydrogen (secondary N) is 1. The van der Waals surface area contributed by atoms with Crippen LogP contribution < -0.4 is 5.32 Å². The molecular formula is C9H16BrNO. The Labute approximate surface area is 82.2 Å². The molecule has 0 saturated heterocycles. The van der Waals surface area contributed by atoms with E-state index in [1.54, 1.807) is 0 Å². The third kappa shape index (κ3) is 3.57. The summed E-state index contributed by atoms with van der Waals surface area (Å²) in [5, 5.41) is 2.96. The van der Waals surface area contributed by atoms with Gasteiger partial charge in [0.15, 0.2) is 0 Å². The summed E-state index contributed by atoms with van der Waals surface area (Å²) in [4.78, 5) is 11.1. The maximum absolute atomic E-state index is 11.2. The van der Waals surface area contributed by atoms with Gasteiger partial charge in [0.25, 0.3) is 0 Å². The highest BCUT2D eigenvalue weighted by molar-refractivity contribution is 9.10. The molecule has 2 unspecified atom stereocenters. The van der Waals surface area contributed by atoms with Crippen LogP contribution in [0.4, 0.5) is 0 Å². The molecule has 1 aliphatic rings. The van der Waals surface area contributed by atoms with E-state index in [-0.39, 0.29) is 10.7 Å². The molecule has 1 fully saturated rings. The van der Waals surface area contributed by atoms with Crippen molar-refractivity contribution in [3.8, 4) is 0 Å². The lowest BCUT2D eigenvalue weighted by molar-refractivity contribution is -0.120. The van der Waals surface area contributed by atoms with Crippen molar-refractivity contribution in [2.75, 3.05) is 0 Å². The second-order valence-electron chi connectivity index (χ2n) is 3.70. The van der Waals surface area contributed by atoms with Gasteiger partial charge in [0.05, 0.1) is 4.83 Å². The zero-order chi connectivity index (χ0) is 9.14. The summed E-state index contributed by atoms with van der Waals surface area (Å²) in [5.74, 6) is 0.981. The molecule has 70 valence electrons. The van der Waals surface area contributed by atoms with Crippen molar-refractivity contribution in [1.29, 1.82) is 0 Å². The standard InChI is InChI=1S/C9H16BrNO/c1-6(5-8-3-4-8)11-9(12)7(2)10/h6-8H,3-5H2,1-2H3,(H,11,12). The van der Waals surface area contributed by atoms with E-state index >= 15 is 0 Å². The van der Waals surface area contributed by atoms with Gasteiger partial charge in [0.2, 0.25) is 5.91 Å². The molecule has 3 heteroatoms. The van der Waals surface area contributed by atoms with Crippen molar-refractivity contribution < 1.29 is 4.79 Å². The summed E-state index contributed by atoms with van der Waals surface area (Å²) in [7, 11) is 0. The highest BCUT2D eigenvalue weighted by Crippen LogP contribution is 2.33. The summed E-state index contributed by atoms with van der Waals surface area (Å²) in [6.07, 6.45) is 3.85. The van der Waals surface area contributed by atoms with Gasteiger partial charge >= 0.3 is 0 Å². The van der Waals surface area contributed by atoms with E-state index in [0.29, 0.717) is 6.04 Å². The first-order valence-corrected chi connectivity index (χ1v) is 5.45. The van der Waals surface area contributed by atoms with Crippen LogP contribution in [-0.2, 0) is 4.79 Å². The van der Waals surface area contributed by atoms with Gasteiger partial charge in [0.1, 0.15) is 0 Å². The molecule has 0 radical (unpaired) electrons. The largest absolute Gasteiger partial charge is 0.353 e. The predicted molar refractivity (Wildman–Crippen MR) is 53.3 cm³/mol. The van der Waals surface area contributed by atoms with Gasteiger partial charge in [-0.3, -0.25) is 4.79 Å². The molecule has 0 heterocycles. The SMILES string of the molecule is CC(CC1CC1)NC(=O)C(C)Br. The third-order valence-corrected chi connectivity index (χ3v) is 2.55. The van der Waals surface area contributed by atoms with Crippen LogP contribution in [0.3, 0.4) is 0 Å². The van der Waals surface area contributed by atoms with Gasteiger partial charge < -0.3 is 5.32 Å². The molecule has 2 nitrogen and oxygen atoms in total. The normalized spacial score (nSPS) is 21.6. The predicted octanol–water partition coefficient (Wildman–Crippen LogP) is 2.07. The number of amides is 1. The van der Waals surface area contributed by atoms with Crippen LogP contribution in [0.1, 0.15) is 33.1 Å². The smallest absolute Gasteiger partial charge is 0.233 e. The zero-order valence-corrected chi connectivity index (χ0v) is 9.23. The first-order chi connectivity index (χ1) is 5.59. The summed E-state index contributed by atoms with van der Waals surface area (Å²) in [6.45, 7) is 3.92. The lowest BCUT2D eigenvalue weighted by atomic mass is 10.1. The van der Waals surface area contributed by atoms with E-state index in [4.69, 9.17) is 0 Å². The van der Waals surface area contributed by atoms with Crippen molar-refractivity contribution in [3.63, 3.8) is 0 Å². The summed E-state index contributed by atoms with van der Waals surface area (Å²) >= 11 is 3.24. The minimum absolute atomic E-state index is 0.0702. The Morgan fingerprint density at radius 3 is 2.58 bits per heavy atom. The van der Waals surface area contributed by atoms with Crippen molar-refractivity contribution in [2.45, 2.75) is 44.0 Å². The lowest BCUT2D eigenvalue weighted by Gasteiger charge is -2.14. The molecule has 0 spiro atoms. The number of carbonyl (C=O) groups excluding carboxylic acids is 1. The summed E-state index contributed by atoms with van der Waals surface area (Å²) in [6, 6.07) is 0.338. The van der Waals surface area contributed by atoms with E-state index in [9.17, 15) is 4.79 Å². The number of carbonyl (C=O) groups is 1. The molecule has 1 aliphatic carbocycles. The highest BCUT2D eigenvalue weighted by atomic mass is 79.9. The van der Waals surface area contributed by atoms with Gasteiger partial charge in [-0.15, -0.1) is 0 Å². The van der Waals surface area contributed by atoms with Gasteiger partial charge in [-0.1, -0.05) is 28.8 Å². The van der Waals surface area contributed by atoms with Crippen LogP contribution in [-0.4, -0.2) is 16.8 Å². The molecule has 0 aromatic rings. The van der Waals surface area contributed by atoms with E-state index in [0.717, 1.165) is 12.3 Å². The topological polar surface area (TPSA) is 29.1 Å². The van der Waals surface area contributed by atoms with E-state index < -0.39 is 0 Å². The first kappa shape index (κ1) is 10.0. The minimum atomic E-state index is -0.0702. The third-order valence-electron chi connectivity index (χ3n) is 2.13. The average molecular weight is 234 g/mol. The molecular weight excluding hydrogens is 218 g/mol. The van der Waals surface area contributed by atoms with Gasteiger partial charge in [-0.25, -0.2) is 0 Å². The van der Waals surface area contributed by atoms with E-state index in [1.807, 2.05) is 6.92 Å². The van der Waals surface area contributed by atoms with Crippen LogP contribution in [0.5, 0.6) is 0 Å². The Morgan fingerprint density at radius 1 is 1.58 bits per heavy atom. The second kappa shape index (κ2) is 4.26. The van der Waals surface area contributed by atoms with Crippen molar-refractivity contribution in [2.24, 2.45) is 5.92 Å². The van der Waals surface area contributed by atoms with Gasteiger partial charge in [-0.2, -0.15) is 0 Å². The Balaban J connectivity index is 2.15. The van der Waals surface area contributed by atoms with Crippen molar-refractivity contribution >= 4 is 21.8 Å². The number of hydrogen-bond acceptors (Lipinski definition) is 1. The number of hydrogen-bond donors (Lipinski definition) is 1. The maximum atomic E-state index is 11.2. The number of halogens is 1. The molecule has 0 aliphatic heterocycles. The van der Waals surface area contributed by atoms with Crippen LogP contribution in [0.15, 0.2) is 0 Å². The molecule has 1 N–H and O–H groups in total. The molecule has 0 aromatic heterocycles. The van der Waals surface area contributed by atoms with Crippen LogP contribution in [0.2, 0.25) is 0 Å². The summed E-state index contributed by atoms with van der Waals surface area (Å²) in [5.41, 5.74) is 0. The van der Waals surface area contributed by atoms with Crippen LogP contribution in [0.25, 0.3) is 0 Å². The minimum Gasteiger partial charge on any atom is -0.353 e. The Kier molecular flexibility index (Phi) is 3.56. The fourth-order valence-electron chi connectivity index (χ4n) is 1.27. The molecule has 1 saturated carbocycles. The number of rotatable bonds is 4. The zero-order valence-electron chi connectivity index (χ0n) is 7.64. The quantitative estimate of drug-likeness (QED) is 0.741. The van der Waals surface area contributed by atoms with E-state index in [2.05, 4.69) is 28.2 Å². The molecule has 0 aromatic carbocycles. The monoisotopic (exact) mass is 233 g/mol. The second-order valence-corrected chi connectivity index (χ2v) is 5.08. The fraction of sp³-hybridized carbons (Fsp3) is 0.889. The highest BCUT2D eigenvalue weighted by Gasteiger charge is 2.24. The fourth-order valence-corrected chi connectivity index (χ4v) is 1.40. The number of alkyl halides is 1. The molecule has 1 rings (SSSR count). The van der Waals surface area contributed by atoms with E-state index in [1.165, 1.54) is 12.8 Å². The molecule has 0 bridgehead atoms. The molecule has 1 amide bonds. The molecule has 2 atom stereocenters. The van der Waals surface area contributed by atoms with Crippen molar-refractivity contribution in [3.05, 3.63) is 0 Å². The lowest BCUT2D eigenvalue weighted by Crippen LogP contribution is -2.36. The van der Waals surface area contributed by atoms with Gasteiger partial charge in [-0.05, 0) is 26.2 Å². The van der Waals surface area contributed by atoms with Crippen molar-refractivity contribution in [1.82, 2.24) is 5.32 Å². The van der Waals surface area contributed by atoms with Crippen LogP contribution >= 0.6 is 15.9 Å². The Morgan fingerprint density at radius 2 is 2.17 bits per heavy atom. The Hall–Kier alpha value is -0.0500. The molecule has 12 heavy (non-hydrogen) atoms. The average Bonchev–Trinajstić information content (AvgIpc) is 2.71.